The summed E-state index contributed by atoms with van der Waals surface area (Å²) in [4.78, 5) is 8.95. The number of likely N-dealkylation sites (N-methyl/N-ethyl adjacent to an activating group) is 1. The lowest BCUT2D eigenvalue weighted by atomic mass is 10.1. The van der Waals surface area contributed by atoms with Crippen molar-refractivity contribution in [3.05, 3.63) is 42.1 Å². The van der Waals surface area contributed by atoms with Gasteiger partial charge in [-0.1, -0.05) is 0 Å². The van der Waals surface area contributed by atoms with Crippen molar-refractivity contribution in [3.63, 3.8) is 0 Å². The highest BCUT2D eigenvalue weighted by molar-refractivity contribution is 7.89. The number of fused-ring (bicyclic) bond motifs is 1. The maximum absolute atomic E-state index is 12.3. The van der Waals surface area contributed by atoms with E-state index in [4.69, 9.17) is 5.26 Å². The summed E-state index contributed by atoms with van der Waals surface area (Å²) in [6.07, 6.45) is 1.25. The smallest absolute Gasteiger partial charge is 0.242 e. The molecule has 3 rings (SSSR count). The van der Waals surface area contributed by atoms with Crippen LogP contribution in [0.15, 0.2) is 41.4 Å². The van der Waals surface area contributed by atoms with Gasteiger partial charge in [0.05, 0.1) is 22.9 Å². The Morgan fingerprint density at radius 3 is 2.70 bits per heavy atom. The first-order chi connectivity index (χ1) is 12.8. The summed E-state index contributed by atoms with van der Waals surface area (Å²) >= 11 is 0. The van der Waals surface area contributed by atoms with Gasteiger partial charge in [0.15, 0.2) is 5.88 Å². The second-order valence-corrected chi connectivity index (χ2v) is 8.07. The van der Waals surface area contributed by atoms with Gasteiger partial charge in [0.2, 0.25) is 10.0 Å². The second-order valence-electron chi connectivity index (χ2n) is 6.30. The molecule has 1 aromatic carbocycles. The Bertz CT molecular complexity index is 1110. The van der Waals surface area contributed by atoms with Crippen molar-refractivity contribution in [1.29, 1.82) is 5.26 Å². The lowest BCUT2D eigenvalue weighted by Gasteiger charge is -2.11. The Labute approximate surface area is 157 Å². The van der Waals surface area contributed by atoms with E-state index in [1.807, 2.05) is 19.0 Å². The quantitative estimate of drug-likeness (QED) is 0.593. The van der Waals surface area contributed by atoms with Gasteiger partial charge in [-0.05, 0) is 44.4 Å². The van der Waals surface area contributed by atoms with Crippen molar-refractivity contribution in [2.24, 2.45) is 0 Å². The molecule has 3 N–H and O–H groups in total. The van der Waals surface area contributed by atoms with E-state index in [9.17, 15) is 13.5 Å². The Balaban J connectivity index is 1.93. The molecule has 140 valence electrons. The Morgan fingerprint density at radius 2 is 2.07 bits per heavy atom. The highest BCUT2D eigenvalue weighted by Crippen LogP contribution is 2.36. The fourth-order valence-electron chi connectivity index (χ4n) is 2.68. The number of sulfonamides is 1. The molecule has 0 fully saturated rings. The number of nitriles is 1. The van der Waals surface area contributed by atoms with Crippen LogP contribution in [0.5, 0.6) is 5.88 Å². The molecule has 0 aliphatic heterocycles. The minimum atomic E-state index is -3.66. The lowest BCUT2D eigenvalue weighted by Crippen LogP contribution is -2.31. The zero-order valence-electron chi connectivity index (χ0n) is 14.9. The van der Waals surface area contributed by atoms with Crippen molar-refractivity contribution in [1.82, 2.24) is 19.6 Å². The minimum absolute atomic E-state index is 0.0436. The summed E-state index contributed by atoms with van der Waals surface area (Å²) in [5, 5.41) is 20.0. The predicted molar refractivity (Wildman–Crippen MR) is 102 cm³/mol. The summed E-state index contributed by atoms with van der Waals surface area (Å²) in [5.74, 6) is -0.0905. The predicted octanol–water partition coefficient (Wildman–Crippen LogP) is 1.65. The highest BCUT2D eigenvalue weighted by atomic mass is 32.2. The van der Waals surface area contributed by atoms with Crippen molar-refractivity contribution in [2.75, 3.05) is 27.2 Å². The molecule has 0 aliphatic rings. The molecule has 0 atom stereocenters. The Morgan fingerprint density at radius 1 is 1.30 bits per heavy atom. The average molecular weight is 385 g/mol. The van der Waals surface area contributed by atoms with E-state index in [1.165, 1.54) is 18.3 Å². The van der Waals surface area contributed by atoms with Gasteiger partial charge in [0.1, 0.15) is 4.90 Å². The number of benzene rings is 1. The van der Waals surface area contributed by atoms with Crippen LogP contribution in [-0.2, 0) is 10.0 Å². The SMILES string of the molecule is CN(C)CCNS(=O)(=O)c1ccc(-c2c(O)[nH]c3ccc(C#N)cc23)nc1. The number of nitrogens with one attached hydrogen (secondary N) is 2. The molecular formula is C18H19N5O3S. The monoisotopic (exact) mass is 385 g/mol. The van der Waals surface area contributed by atoms with Gasteiger partial charge in [-0.3, -0.25) is 4.98 Å². The molecule has 2 aromatic heterocycles. The maximum Gasteiger partial charge on any atom is 0.242 e. The number of aromatic amines is 1. The molecule has 0 amide bonds. The van der Waals surface area contributed by atoms with E-state index in [-0.39, 0.29) is 17.3 Å². The fraction of sp³-hybridized carbons (Fsp3) is 0.222. The summed E-state index contributed by atoms with van der Waals surface area (Å²) in [7, 11) is 0.0570. The molecular weight excluding hydrogens is 366 g/mol. The van der Waals surface area contributed by atoms with E-state index in [0.717, 1.165) is 0 Å². The van der Waals surface area contributed by atoms with Gasteiger partial charge < -0.3 is 15.0 Å². The maximum atomic E-state index is 12.3. The van der Waals surface area contributed by atoms with Crippen LogP contribution < -0.4 is 4.72 Å². The Kier molecular flexibility index (Phi) is 5.14. The number of hydrogen-bond donors (Lipinski definition) is 3. The van der Waals surface area contributed by atoms with Crippen molar-refractivity contribution >= 4 is 20.9 Å². The minimum Gasteiger partial charge on any atom is -0.494 e. The molecule has 0 saturated carbocycles. The molecule has 8 nitrogen and oxygen atoms in total. The Hall–Kier alpha value is -2.93. The van der Waals surface area contributed by atoms with E-state index < -0.39 is 10.0 Å². The van der Waals surface area contributed by atoms with Crippen LogP contribution in [0.25, 0.3) is 22.2 Å². The summed E-state index contributed by atoms with van der Waals surface area (Å²) in [5.41, 5.74) is 1.94. The van der Waals surface area contributed by atoms with Gasteiger partial charge in [-0.15, -0.1) is 0 Å². The fourth-order valence-corrected chi connectivity index (χ4v) is 3.65. The largest absolute Gasteiger partial charge is 0.494 e. The van der Waals surface area contributed by atoms with Gasteiger partial charge >= 0.3 is 0 Å². The zero-order chi connectivity index (χ0) is 19.6. The molecule has 0 bridgehead atoms. The molecule has 9 heteroatoms. The number of hydrogen-bond acceptors (Lipinski definition) is 6. The van der Waals surface area contributed by atoms with Crippen molar-refractivity contribution in [3.8, 4) is 23.2 Å². The highest BCUT2D eigenvalue weighted by Gasteiger charge is 2.18. The third-order valence-corrected chi connectivity index (χ3v) is 5.51. The number of pyridine rings is 1. The lowest BCUT2D eigenvalue weighted by molar-refractivity contribution is 0.412. The molecule has 0 unspecified atom stereocenters. The van der Waals surface area contributed by atoms with Crippen LogP contribution in [-0.4, -0.2) is 55.6 Å². The zero-order valence-corrected chi connectivity index (χ0v) is 15.7. The van der Waals surface area contributed by atoms with Gasteiger partial charge in [-0.2, -0.15) is 5.26 Å². The van der Waals surface area contributed by atoms with E-state index >= 15 is 0 Å². The summed E-state index contributed by atoms with van der Waals surface area (Å²) in [6.45, 7) is 0.867. The van der Waals surface area contributed by atoms with Crippen LogP contribution in [0.2, 0.25) is 0 Å². The topological polar surface area (TPSA) is 122 Å². The van der Waals surface area contributed by atoms with Crippen molar-refractivity contribution in [2.45, 2.75) is 4.90 Å². The molecule has 0 aliphatic carbocycles. The summed E-state index contributed by atoms with van der Waals surface area (Å²) in [6, 6.07) is 10.0. The van der Waals surface area contributed by atoms with Crippen LogP contribution in [0.1, 0.15) is 5.56 Å². The van der Waals surface area contributed by atoms with Crippen LogP contribution >= 0.6 is 0 Å². The van der Waals surface area contributed by atoms with Crippen LogP contribution in [0, 0.1) is 11.3 Å². The van der Waals surface area contributed by atoms with Crippen molar-refractivity contribution < 1.29 is 13.5 Å². The van der Waals surface area contributed by atoms with Crippen LogP contribution in [0.3, 0.4) is 0 Å². The molecule has 2 heterocycles. The molecule has 3 aromatic rings. The molecule has 0 saturated heterocycles. The van der Waals surface area contributed by atoms with Gasteiger partial charge in [-0.25, -0.2) is 13.1 Å². The third kappa shape index (κ3) is 3.93. The first kappa shape index (κ1) is 18.8. The standard InChI is InChI=1S/C18H19N5O3S/c1-23(2)8-7-21-27(25,26)13-4-6-16(20-11-13)17-14-9-12(10-19)3-5-15(14)22-18(17)24/h3-6,9,11,21-22,24H,7-8H2,1-2H3. The average Bonchev–Trinajstić information content (AvgIpc) is 2.96. The third-order valence-electron chi connectivity index (χ3n) is 4.06. The van der Waals surface area contributed by atoms with Gasteiger partial charge in [0.25, 0.3) is 0 Å². The number of nitrogens with zero attached hydrogens (tertiary/aromatic N) is 3. The van der Waals surface area contributed by atoms with E-state index in [1.54, 1.807) is 18.2 Å². The van der Waals surface area contributed by atoms with Gasteiger partial charge in [0, 0.05) is 30.2 Å². The van der Waals surface area contributed by atoms with Crippen LogP contribution in [0.4, 0.5) is 0 Å². The normalized spacial score (nSPS) is 11.8. The first-order valence-electron chi connectivity index (χ1n) is 8.17. The number of aromatic nitrogens is 2. The number of aromatic hydroxyl groups is 1. The molecule has 0 radical (unpaired) electrons. The summed E-state index contributed by atoms with van der Waals surface area (Å²) < 4.78 is 27.1. The molecule has 27 heavy (non-hydrogen) atoms. The first-order valence-corrected chi connectivity index (χ1v) is 9.66. The van der Waals surface area contributed by atoms with E-state index in [0.29, 0.717) is 34.3 Å². The number of H-pyrrole nitrogens is 1. The second kappa shape index (κ2) is 7.36. The number of rotatable bonds is 6. The van der Waals surface area contributed by atoms with E-state index in [2.05, 4.69) is 20.8 Å². The molecule has 0 spiro atoms.